The van der Waals surface area contributed by atoms with Gasteiger partial charge in [-0.05, 0) is 36.9 Å². The smallest absolute Gasteiger partial charge is 0.258 e. The van der Waals surface area contributed by atoms with Gasteiger partial charge in [-0.2, -0.15) is 0 Å². The van der Waals surface area contributed by atoms with E-state index in [1.54, 1.807) is 17.7 Å². The fraction of sp³-hybridized carbons (Fsp3) is 0.188. The molecule has 0 aliphatic heterocycles. The van der Waals surface area contributed by atoms with E-state index >= 15 is 0 Å². The highest BCUT2D eigenvalue weighted by molar-refractivity contribution is 6.06. The normalized spacial score (nSPS) is 11.3. The van der Waals surface area contributed by atoms with E-state index in [4.69, 9.17) is 0 Å². The van der Waals surface area contributed by atoms with Crippen molar-refractivity contribution in [2.24, 2.45) is 7.05 Å². The van der Waals surface area contributed by atoms with Crippen LogP contribution in [0.2, 0.25) is 0 Å². The number of aryl methyl sites for hydroxylation is 3. The van der Waals surface area contributed by atoms with Crippen molar-refractivity contribution in [1.82, 2.24) is 4.57 Å². The highest BCUT2D eigenvalue weighted by Gasteiger charge is 2.10. The largest absolute Gasteiger partial charge is 0.508 e. The van der Waals surface area contributed by atoms with Crippen LogP contribution in [0.25, 0.3) is 21.7 Å². The number of benzene rings is 2. The number of fused-ring (bicyclic) bond motifs is 3. The van der Waals surface area contributed by atoms with E-state index in [-0.39, 0.29) is 11.3 Å². The second-order valence-corrected chi connectivity index (χ2v) is 5.07. The minimum atomic E-state index is -0.0329. The van der Waals surface area contributed by atoms with Crippen molar-refractivity contribution in [2.75, 3.05) is 0 Å². The molecule has 3 nitrogen and oxygen atoms in total. The first kappa shape index (κ1) is 11.8. The van der Waals surface area contributed by atoms with Gasteiger partial charge >= 0.3 is 0 Å². The van der Waals surface area contributed by atoms with Crippen LogP contribution in [0, 0.1) is 13.8 Å². The van der Waals surface area contributed by atoms with E-state index in [0.717, 1.165) is 32.8 Å². The number of aromatic nitrogens is 1. The van der Waals surface area contributed by atoms with Gasteiger partial charge in [-0.3, -0.25) is 4.79 Å². The topological polar surface area (TPSA) is 42.2 Å². The summed E-state index contributed by atoms with van der Waals surface area (Å²) in [6.07, 6.45) is 0. The third kappa shape index (κ3) is 1.62. The first-order valence-electron chi connectivity index (χ1n) is 6.21. The molecule has 1 N–H and O–H groups in total. The molecule has 3 rings (SSSR count). The van der Waals surface area contributed by atoms with Gasteiger partial charge in [0.25, 0.3) is 5.56 Å². The van der Waals surface area contributed by atoms with Gasteiger partial charge in [0.05, 0.1) is 5.52 Å². The number of rotatable bonds is 0. The second-order valence-electron chi connectivity index (χ2n) is 5.07. The summed E-state index contributed by atoms with van der Waals surface area (Å²) >= 11 is 0. The molecule has 1 aromatic heterocycles. The molecule has 96 valence electrons. The van der Waals surface area contributed by atoms with Crippen molar-refractivity contribution in [3.05, 3.63) is 51.8 Å². The summed E-state index contributed by atoms with van der Waals surface area (Å²) in [5.41, 5.74) is 2.60. The zero-order chi connectivity index (χ0) is 13.7. The molecule has 19 heavy (non-hydrogen) atoms. The van der Waals surface area contributed by atoms with E-state index in [0.29, 0.717) is 0 Å². The fourth-order valence-corrected chi connectivity index (χ4v) is 2.54. The van der Waals surface area contributed by atoms with Crippen LogP contribution in [0.4, 0.5) is 0 Å². The lowest BCUT2D eigenvalue weighted by atomic mass is 10.0. The molecule has 0 unspecified atom stereocenters. The van der Waals surface area contributed by atoms with Gasteiger partial charge in [0.2, 0.25) is 0 Å². The van der Waals surface area contributed by atoms with Crippen LogP contribution >= 0.6 is 0 Å². The van der Waals surface area contributed by atoms with Gasteiger partial charge in [-0.15, -0.1) is 0 Å². The summed E-state index contributed by atoms with van der Waals surface area (Å²) in [4.78, 5) is 12.4. The van der Waals surface area contributed by atoms with Crippen LogP contribution in [-0.2, 0) is 7.05 Å². The number of nitrogens with zero attached hydrogens (tertiary/aromatic N) is 1. The van der Waals surface area contributed by atoms with Gasteiger partial charge < -0.3 is 9.67 Å². The summed E-state index contributed by atoms with van der Waals surface area (Å²) in [5, 5.41) is 12.5. The molecule has 1 heterocycles. The van der Waals surface area contributed by atoms with Crippen LogP contribution in [-0.4, -0.2) is 9.67 Å². The standard InChI is InChI=1S/C16H15NO2/c1-9-4-5-11-12-7-10(2)15(18)8-14(12)17(3)16(19)13(11)6-9/h4-8,18H,1-3H3. The lowest BCUT2D eigenvalue weighted by molar-refractivity contribution is 0.471. The van der Waals surface area contributed by atoms with Gasteiger partial charge in [0.15, 0.2) is 0 Å². The van der Waals surface area contributed by atoms with Crippen LogP contribution in [0.15, 0.2) is 35.1 Å². The minimum Gasteiger partial charge on any atom is -0.508 e. The first-order valence-corrected chi connectivity index (χ1v) is 6.21. The van der Waals surface area contributed by atoms with E-state index in [9.17, 15) is 9.90 Å². The molecule has 0 amide bonds. The Hall–Kier alpha value is -2.29. The molecule has 0 bridgehead atoms. The Morgan fingerprint density at radius 2 is 1.74 bits per heavy atom. The van der Waals surface area contributed by atoms with Crippen LogP contribution in [0.1, 0.15) is 11.1 Å². The molecule has 0 atom stereocenters. The molecular weight excluding hydrogens is 238 g/mol. The van der Waals surface area contributed by atoms with Gasteiger partial charge in [0.1, 0.15) is 5.75 Å². The van der Waals surface area contributed by atoms with E-state index in [2.05, 4.69) is 0 Å². The number of aromatic hydroxyl groups is 1. The van der Waals surface area contributed by atoms with Gasteiger partial charge in [-0.25, -0.2) is 0 Å². The SMILES string of the molecule is Cc1ccc2c(c1)c(=O)n(C)c1cc(O)c(C)cc21. The summed E-state index contributed by atoms with van der Waals surface area (Å²) in [7, 11) is 1.74. The maximum absolute atomic E-state index is 12.4. The maximum atomic E-state index is 12.4. The Labute approximate surface area is 110 Å². The van der Waals surface area contributed by atoms with Crippen molar-refractivity contribution >= 4 is 21.7 Å². The summed E-state index contributed by atoms with van der Waals surface area (Å²) in [6.45, 7) is 3.84. The Balaban J connectivity index is 2.67. The number of phenols is 1. The van der Waals surface area contributed by atoms with Crippen molar-refractivity contribution in [1.29, 1.82) is 0 Å². The molecule has 0 aliphatic carbocycles. The lowest BCUT2D eigenvalue weighted by Gasteiger charge is -2.11. The van der Waals surface area contributed by atoms with Crippen molar-refractivity contribution < 1.29 is 5.11 Å². The summed E-state index contributed by atoms with van der Waals surface area (Å²) < 4.78 is 1.59. The molecule has 2 aromatic carbocycles. The Bertz CT molecular complexity index is 875. The van der Waals surface area contributed by atoms with Gasteiger partial charge in [0, 0.05) is 23.9 Å². The molecular formula is C16H15NO2. The third-order valence-electron chi connectivity index (χ3n) is 3.68. The lowest BCUT2D eigenvalue weighted by Crippen LogP contribution is -2.17. The molecule has 3 aromatic rings. The molecule has 0 radical (unpaired) electrons. The van der Waals surface area contributed by atoms with Crippen LogP contribution < -0.4 is 5.56 Å². The predicted molar refractivity (Wildman–Crippen MR) is 77.8 cm³/mol. The zero-order valence-corrected chi connectivity index (χ0v) is 11.2. The highest BCUT2D eigenvalue weighted by atomic mass is 16.3. The monoisotopic (exact) mass is 253 g/mol. The van der Waals surface area contributed by atoms with Crippen molar-refractivity contribution in [3.63, 3.8) is 0 Å². The fourth-order valence-electron chi connectivity index (χ4n) is 2.54. The first-order chi connectivity index (χ1) is 8.99. The quantitative estimate of drug-likeness (QED) is 0.626. The number of phenolic OH excluding ortho intramolecular Hbond substituents is 1. The Morgan fingerprint density at radius 3 is 2.47 bits per heavy atom. The summed E-state index contributed by atoms with van der Waals surface area (Å²) in [5.74, 6) is 0.217. The number of pyridine rings is 1. The molecule has 0 saturated heterocycles. The molecule has 3 heteroatoms. The Kier molecular flexibility index (Phi) is 2.39. The Morgan fingerprint density at radius 1 is 1.00 bits per heavy atom. The molecule has 0 spiro atoms. The molecule has 0 fully saturated rings. The summed E-state index contributed by atoms with van der Waals surface area (Å²) in [6, 6.07) is 9.49. The predicted octanol–water partition coefficient (Wildman–Crippen LogP) is 3.01. The minimum absolute atomic E-state index is 0.0329. The van der Waals surface area contributed by atoms with Gasteiger partial charge in [-0.1, -0.05) is 17.7 Å². The van der Waals surface area contributed by atoms with E-state index in [1.165, 1.54) is 0 Å². The highest BCUT2D eigenvalue weighted by Crippen LogP contribution is 2.28. The maximum Gasteiger partial charge on any atom is 0.258 e. The average molecular weight is 253 g/mol. The second kappa shape index (κ2) is 3.85. The average Bonchev–Trinajstić information content (AvgIpc) is 2.38. The molecule has 0 aliphatic rings. The van der Waals surface area contributed by atoms with E-state index < -0.39 is 0 Å². The van der Waals surface area contributed by atoms with Crippen molar-refractivity contribution in [3.8, 4) is 5.75 Å². The number of hydrogen-bond acceptors (Lipinski definition) is 2. The number of hydrogen-bond donors (Lipinski definition) is 1. The third-order valence-corrected chi connectivity index (χ3v) is 3.68. The van der Waals surface area contributed by atoms with Crippen LogP contribution in [0.3, 0.4) is 0 Å². The van der Waals surface area contributed by atoms with Crippen LogP contribution in [0.5, 0.6) is 5.75 Å². The van der Waals surface area contributed by atoms with E-state index in [1.807, 2.05) is 38.1 Å². The molecule has 0 saturated carbocycles. The van der Waals surface area contributed by atoms with Crippen molar-refractivity contribution in [2.45, 2.75) is 13.8 Å². The zero-order valence-electron chi connectivity index (χ0n) is 11.2.